The molecule has 3 N–H and O–H groups in total. The lowest BCUT2D eigenvalue weighted by atomic mass is 9.96. The molecule has 1 atom stereocenters. The van der Waals surface area contributed by atoms with E-state index in [-0.39, 0.29) is 24.6 Å². The zero-order valence-corrected chi connectivity index (χ0v) is 11.9. The number of para-hydroxylation sites is 1. The lowest BCUT2D eigenvalue weighted by Gasteiger charge is -2.24. The van der Waals surface area contributed by atoms with E-state index in [0.29, 0.717) is 5.56 Å². The van der Waals surface area contributed by atoms with Crippen LogP contribution in [-0.2, 0) is 16.8 Å². The van der Waals surface area contributed by atoms with Crippen LogP contribution in [0.2, 0.25) is 0 Å². The molecule has 2 aromatic rings. The summed E-state index contributed by atoms with van der Waals surface area (Å²) in [7, 11) is 0. The smallest absolute Gasteiger partial charge is 0.224 e. The maximum Gasteiger partial charge on any atom is 0.224 e. The third-order valence-electron chi connectivity index (χ3n) is 3.37. The lowest BCUT2D eigenvalue weighted by Crippen LogP contribution is -2.39. The largest absolute Gasteiger partial charge is 0.508 e. The maximum atomic E-state index is 11.9. The van der Waals surface area contributed by atoms with Gasteiger partial charge in [-0.1, -0.05) is 48.5 Å². The molecule has 1 unspecified atom stereocenters. The monoisotopic (exact) mass is 285 g/mol. The van der Waals surface area contributed by atoms with Crippen LogP contribution in [0.4, 0.5) is 0 Å². The Morgan fingerprint density at radius 1 is 1.10 bits per heavy atom. The van der Waals surface area contributed by atoms with Crippen LogP contribution in [0, 0.1) is 0 Å². The van der Waals surface area contributed by atoms with Crippen molar-refractivity contribution in [1.29, 1.82) is 0 Å². The van der Waals surface area contributed by atoms with Gasteiger partial charge in [0.1, 0.15) is 11.4 Å². The summed E-state index contributed by atoms with van der Waals surface area (Å²) in [6.45, 7) is 1.77. The van der Waals surface area contributed by atoms with Crippen molar-refractivity contribution in [2.75, 3.05) is 6.54 Å². The van der Waals surface area contributed by atoms with E-state index in [0.717, 1.165) is 5.56 Å². The van der Waals surface area contributed by atoms with Crippen LogP contribution >= 0.6 is 0 Å². The third kappa shape index (κ3) is 4.07. The number of carbonyl (C=O) groups excluding carboxylic acids is 1. The van der Waals surface area contributed by atoms with Crippen LogP contribution < -0.4 is 5.32 Å². The lowest BCUT2D eigenvalue weighted by molar-refractivity contribution is -0.121. The predicted octanol–water partition coefficient (Wildman–Crippen LogP) is 1.96. The number of carbonyl (C=O) groups is 1. The Bertz CT molecular complexity index is 608. The van der Waals surface area contributed by atoms with Crippen molar-refractivity contribution in [3.8, 4) is 5.75 Å². The Morgan fingerprint density at radius 2 is 1.71 bits per heavy atom. The molecule has 110 valence electrons. The number of amides is 1. The van der Waals surface area contributed by atoms with Crippen molar-refractivity contribution < 1.29 is 15.0 Å². The SMILES string of the molecule is CC(O)(CNC(=O)Cc1ccccc1O)c1ccccc1. The zero-order chi connectivity index (χ0) is 15.3. The third-order valence-corrected chi connectivity index (χ3v) is 3.37. The molecule has 0 fully saturated rings. The molecule has 2 aromatic carbocycles. The van der Waals surface area contributed by atoms with Crippen molar-refractivity contribution in [1.82, 2.24) is 5.32 Å². The zero-order valence-electron chi connectivity index (χ0n) is 11.9. The van der Waals surface area contributed by atoms with Crippen LogP contribution in [0.3, 0.4) is 0 Å². The quantitative estimate of drug-likeness (QED) is 0.786. The summed E-state index contributed by atoms with van der Waals surface area (Å²) >= 11 is 0. The Balaban J connectivity index is 1.94. The second-order valence-corrected chi connectivity index (χ2v) is 5.22. The predicted molar refractivity (Wildman–Crippen MR) is 80.8 cm³/mol. The van der Waals surface area contributed by atoms with Gasteiger partial charge in [0.2, 0.25) is 5.91 Å². The molecule has 0 aromatic heterocycles. The molecule has 21 heavy (non-hydrogen) atoms. The highest BCUT2D eigenvalue weighted by molar-refractivity contribution is 5.79. The minimum Gasteiger partial charge on any atom is -0.508 e. The van der Waals surface area contributed by atoms with Crippen molar-refractivity contribution in [3.63, 3.8) is 0 Å². The number of hydrogen-bond acceptors (Lipinski definition) is 3. The Kier molecular flexibility index (Phi) is 4.60. The van der Waals surface area contributed by atoms with E-state index in [2.05, 4.69) is 5.32 Å². The van der Waals surface area contributed by atoms with Gasteiger partial charge < -0.3 is 15.5 Å². The molecular weight excluding hydrogens is 266 g/mol. The normalized spacial score (nSPS) is 13.4. The van der Waals surface area contributed by atoms with E-state index in [1.165, 1.54) is 0 Å². The first-order valence-electron chi connectivity index (χ1n) is 6.80. The molecule has 0 saturated heterocycles. The average molecular weight is 285 g/mol. The van der Waals surface area contributed by atoms with Gasteiger partial charge in [-0.3, -0.25) is 4.79 Å². The highest BCUT2D eigenvalue weighted by Crippen LogP contribution is 2.19. The fourth-order valence-electron chi connectivity index (χ4n) is 2.07. The van der Waals surface area contributed by atoms with E-state index < -0.39 is 5.60 Å². The summed E-state index contributed by atoms with van der Waals surface area (Å²) < 4.78 is 0. The minimum atomic E-state index is -1.13. The molecule has 0 radical (unpaired) electrons. The van der Waals surface area contributed by atoms with Crippen molar-refractivity contribution in [2.45, 2.75) is 18.9 Å². The number of phenols is 1. The highest BCUT2D eigenvalue weighted by atomic mass is 16.3. The van der Waals surface area contributed by atoms with Gasteiger partial charge >= 0.3 is 0 Å². The number of nitrogens with one attached hydrogen (secondary N) is 1. The van der Waals surface area contributed by atoms with Gasteiger partial charge in [-0.15, -0.1) is 0 Å². The summed E-state index contributed by atoms with van der Waals surface area (Å²) in [5.41, 5.74) is 0.178. The fraction of sp³-hybridized carbons (Fsp3) is 0.235. The molecule has 0 aliphatic heterocycles. The van der Waals surface area contributed by atoms with Gasteiger partial charge in [0, 0.05) is 5.56 Å². The molecule has 0 aliphatic carbocycles. The van der Waals surface area contributed by atoms with E-state index >= 15 is 0 Å². The molecular formula is C17H19NO3. The van der Waals surface area contributed by atoms with Gasteiger partial charge in [0.05, 0.1) is 13.0 Å². The van der Waals surface area contributed by atoms with Gasteiger partial charge in [-0.05, 0) is 18.6 Å². The van der Waals surface area contributed by atoms with E-state index in [1.54, 1.807) is 31.2 Å². The van der Waals surface area contributed by atoms with Crippen molar-refractivity contribution >= 4 is 5.91 Å². The molecule has 2 rings (SSSR count). The number of aromatic hydroxyl groups is 1. The maximum absolute atomic E-state index is 11.9. The van der Waals surface area contributed by atoms with Crippen molar-refractivity contribution in [2.24, 2.45) is 0 Å². The summed E-state index contributed by atoms with van der Waals surface area (Å²) in [5.74, 6) is -0.143. The molecule has 0 aliphatic rings. The first-order valence-corrected chi connectivity index (χ1v) is 6.80. The van der Waals surface area contributed by atoms with E-state index in [4.69, 9.17) is 0 Å². The average Bonchev–Trinajstić information content (AvgIpc) is 2.49. The number of benzene rings is 2. The van der Waals surface area contributed by atoms with Crippen LogP contribution in [0.15, 0.2) is 54.6 Å². The Labute approximate surface area is 124 Å². The fourth-order valence-corrected chi connectivity index (χ4v) is 2.07. The Morgan fingerprint density at radius 3 is 2.38 bits per heavy atom. The molecule has 4 heteroatoms. The van der Waals surface area contributed by atoms with Crippen LogP contribution in [-0.4, -0.2) is 22.7 Å². The first-order chi connectivity index (χ1) is 9.99. The Hall–Kier alpha value is -2.33. The number of rotatable bonds is 5. The molecule has 0 heterocycles. The van der Waals surface area contributed by atoms with E-state index in [1.807, 2.05) is 30.3 Å². The molecule has 4 nitrogen and oxygen atoms in total. The van der Waals surface area contributed by atoms with Gasteiger partial charge in [-0.2, -0.15) is 0 Å². The molecule has 0 saturated carbocycles. The summed E-state index contributed by atoms with van der Waals surface area (Å²) in [4.78, 5) is 11.9. The molecule has 0 spiro atoms. The van der Waals surface area contributed by atoms with Gasteiger partial charge in [0.15, 0.2) is 0 Å². The summed E-state index contributed by atoms with van der Waals surface area (Å²) in [5, 5.41) is 22.7. The van der Waals surface area contributed by atoms with Gasteiger partial charge in [0.25, 0.3) is 0 Å². The number of hydrogen-bond donors (Lipinski definition) is 3. The molecule has 0 bridgehead atoms. The molecule has 1 amide bonds. The van der Waals surface area contributed by atoms with E-state index in [9.17, 15) is 15.0 Å². The second-order valence-electron chi connectivity index (χ2n) is 5.22. The number of aliphatic hydroxyl groups is 1. The van der Waals surface area contributed by atoms with Crippen molar-refractivity contribution in [3.05, 3.63) is 65.7 Å². The van der Waals surface area contributed by atoms with Gasteiger partial charge in [-0.25, -0.2) is 0 Å². The summed E-state index contributed by atoms with van der Waals surface area (Å²) in [6, 6.07) is 15.9. The summed E-state index contributed by atoms with van der Waals surface area (Å²) in [6.07, 6.45) is 0.0809. The van der Waals surface area contributed by atoms with Crippen LogP contribution in [0.5, 0.6) is 5.75 Å². The second kappa shape index (κ2) is 6.41. The standard InChI is InChI=1S/C17H19NO3/c1-17(21,14-8-3-2-4-9-14)12-18-16(20)11-13-7-5-6-10-15(13)19/h2-10,19,21H,11-12H2,1H3,(H,18,20). The minimum absolute atomic E-state index is 0.0809. The van der Waals surface area contributed by atoms with Crippen LogP contribution in [0.1, 0.15) is 18.1 Å². The first kappa shape index (κ1) is 15.1. The van der Waals surface area contributed by atoms with Crippen LogP contribution in [0.25, 0.3) is 0 Å². The highest BCUT2D eigenvalue weighted by Gasteiger charge is 2.23. The number of phenolic OH excluding ortho intramolecular Hbond substituents is 1. The topological polar surface area (TPSA) is 69.6 Å².